The van der Waals surface area contributed by atoms with Crippen molar-refractivity contribution in [3.8, 4) is 0 Å². The molecule has 0 bridgehead atoms. The van der Waals surface area contributed by atoms with Crippen molar-refractivity contribution in [3.05, 3.63) is 38.4 Å². The molecule has 0 aliphatic rings. The summed E-state index contributed by atoms with van der Waals surface area (Å²) in [5.41, 5.74) is -0.782. The third-order valence-electron chi connectivity index (χ3n) is 1.67. The van der Waals surface area contributed by atoms with Gasteiger partial charge < -0.3 is 10.4 Å². The Bertz CT molecular complexity index is 388. The van der Waals surface area contributed by atoms with Crippen LogP contribution in [0.25, 0.3) is 0 Å². The zero-order chi connectivity index (χ0) is 12.1. The van der Waals surface area contributed by atoms with Gasteiger partial charge in [-0.2, -0.15) is 0 Å². The van der Waals surface area contributed by atoms with Crippen molar-refractivity contribution in [2.45, 2.75) is 0 Å². The molecule has 16 heavy (non-hydrogen) atoms. The van der Waals surface area contributed by atoms with Crippen LogP contribution >= 0.6 is 0 Å². The van der Waals surface area contributed by atoms with Gasteiger partial charge in [-0.3, -0.25) is 20.2 Å². The van der Waals surface area contributed by atoms with E-state index in [9.17, 15) is 20.2 Å². The fraction of sp³-hybridized carbons (Fsp3) is 0.250. The summed E-state index contributed by atoms with van der Waals surface area (Å²) >= 11 is 0. The quantitative estimate of drug-likeness (QED) is 0.563. The molecule has 0 spiro atoms. The topological polar surface area (TPSA) is 119 Å². The van der Waals surface area contributed by atoms with E-state index in [2.05, 4.69) is 11.4 Å². The molecule has 1 rings (SSSR count). The Hall–Kier alpha value is -2.22. The molecule has 0 amide bonds. The van der Waals surface area contributed by atoms with Gasteiger partial charge >= 0.3 is 0 Å². The van der Waals surface area contributed by atoms with Gasteiger partial charge in [0.1, 0.15) is 0 Å². The number of benzene rings is 1. The van der Waals surface area contributed by atoms with E-state index in [1.807, 2.05) is 0 Å². The first-order valence-corrected chi connectivity index (χ1v) is 4.25. The molecule has 8 nitrogen and oxygen atoms in total. The highest BCUT2D eigenvalue weighted by molar-refractivity contribution is 5.57. The number of nitrogens with one attached hydrogen (secondary N) is 1. The van der Waals surface area contributed by atoms with Gasteiger partial charge in [-0.1, -0.05) is 0 Å². The van der Waals surface area contributed by atoms with E-state index >= 15 is 0 Å². The molecule has 0 fully saturated rings. The van der Waals surface area contributed by atoms with Crippen LogP contribution in [-0.2, 0) is 0 Å². The highest BCUT2D eigenvalue weighted by atomic mass is 16.6. The molecule has 0 heterocycles. The third-order valence-corrected chi connectivity index (χ3v) is 1.67. The minimum atomic E-state index is -0.767. The number of anilines is 1. The first-order chi connectivity index (χ1) is 7.54. The Morgan fingerprint density at radius 1 is 1.31 bits per heavy atom. The summed E-state index contributed by atoms with van der Waals surface area (Å²) in [5.74, 6) is 0. The average Bonchev–Trinajstić information content (AvgIpc) is 2.25. The first-order valence-electron chi connectivity index (χ1n) is 4.25. The molecule has 0 aliphatic heterocycles. The molecule has 1 aromatic rings. The molecule has 0 aliphatic carbocycles. The van der Waals surface area contributed by atoms with Gasteiger partial charge in [-0.25, -0.2) is 0 Å². The summed E-state index contributed by atoms with van der Waals surface area (Å²) in [4.78, 5) is 19.5. The average molecular weight is 226 g/mol. The molecule has 0 saturated heterocycles. The van der Waals surface area contributed by atoms with Gasteiger partial charge in [0.05, 0.1) is 34.3 Å². The van der Waals surface area contributed by atoms with Crippen molar-refractivity contribution < 1.29 is 15.0 Å². The Morgan fingerprint density at radius 3 is 2.50 bits per heavy atom. The Kier molecular flexibility index (Phi) is 3.72. The van der Waals surface area contributed by atoms with Gasteiger partial charge in [-0.05, 0) is 0 Å². The number of aliphatic hydroxyl groups is 1. The first kappa shape index (κ1) is 11.9. The van der Waals surface area contributed by atoms with Crippen molar-refractivity contribution in [1.29, 1.82) is 0 Å². The Labute approximate surface area is 89.8 Å². The molecule has 0 saturated carbocycles. The summed E-state index contributed by atoms with van der Waals surface area (Å²) in [5, 5.41) is 32.1. The summed E-state index contributed by atoms with van der Waals surface area (Å²) in [6.07, 6.45) is 0. The second-order valence-electron chi connectivity index (χ2n) is 2.80. The summed E-state index contributed by atoms with van der Waals surface area (Å²) in [6.45, 7) is -0.0564. The van der Waals surface area contributed by atoms with Gasteiger partial charge in [0.2, 0.25) is 0 Å². The lowest BCUT2D eigenvalue weighted by atomic mass is 10.2. The van der Waals surface area contributed by atoms with E-state index < -0.39 is 21.2 Å². The second-order valence-corrected chi connectivity index (χ2v) is 2.80. The van der Waals surface area contributed by atoms with Crippen LogP contribution in [0, 0.1) is 26.3 Å². The number of hydrogen-bond acceptors (Lipinski definition) is 6. The fourth-order valence-corrected chi connectivity index (χ4v) is 1.03. The van der Waals surface area contributed by atoms with Crippen LogP contribution in [0.4, 0.5) is 17.1 Å². The highest BCUT2D eigenvalue weighted by Gasteiger charge is 2.16. The van der Waals surface area contributed by atoms with E-state index in [0.717, 1.165) is 12.1 Å². The Morgan fingerprint density at radius 2 is 2.00 bits per heavy atom. The largest absolute Gasteiger partial charge is 0.395 e. The van der Waals surface area contributed by atoms with Crippen LogP contribution in [0.3, 0.4) is 0 Å². The lowest BCUT2D eigenvalue weighted by Crippen LogP contribution is -2.06. The Balaban J connectivity index is 3.08. The fourth-order valence-electron chi connectivity index (χ4n) is 1.03. The van der Waals surface area contributed by atoms with E-state index in [-0.39, 0.29) is 18.8 Å². The summed E-state index contributed by atoms with van der Waals surface area (Å²) in [7, 11) is 0. The SMILES string of the molecule is O=[N+]([O-])c1[c]c(NCCO)cc([N+](=O)[O-])c1. The van der Waals surface area contributed by atoms with Gasteiger partial charge in [-0.15, -0.1) is 0 Å². The zero-order valence-corrected chi connectivity index (χ0v) is 8.04. The maximum absolute atomic E-state index is 10.5. The zero-order valence-electron chi connectivity index (χ0n) is 8.04. The molecule has 0 unspecified atom stereocenters. The molecule has 1 radical (unpaired) electrons. The van der Waals surface area contributed by atoms with Crippen molar-refractivity contribution >= 4 is 17.1 Å². The molecule has 0 atom stereocenters. The van der Waals surface area contributed by atoms with E-state index in [1.54, 1.807) is 0 Å². The van der Waals surface area contributed by atoms with Gasteiger partial charge in [0.15, 0.2) is 0 Å². The lowest BCUT2D eigenvalue weighted by molar-refractivity contribution is -0.394. The minimum Gasteiger partial charge on any atom is -0.395 e. The molecule has 8 heteroatoms. The predicted octanol–water partition coefficient (Wildman–Crippen LogP) is 0.707. The third kappa shape index (κ3) is 2.89. The van der Waals surface area contributed by atoms with Crippen LogP contribution in [-0.4, -0.2) is 28.1 Å². The normalized spacial score (nSPS) is 9.81. The van der Waals surface area contributed by atoms with Crippen LogP contribution in [0.5, 0.6) is 0 Å². The van der Waals surface area contributed by atoms with Gasteiger partial charge in [0.25, 0.3) is 11.4 Å². The van der Waals surface area contributed by atoms with Crippen LogP contribution in [0.2, 0.25) is 0 Å². The number of nitro benzene ring substituents is 2. The molecule has 0 aromatic heterocycles. The second kappa shape index (κ2) is 5.03. The highest BCUT2D eigenvalue weighted by Crippen LogP contribution is 2.24. The van der Waals surface area contributed by atoms with E-state index in [1.165, 1.54) is 0 Å². The molecular weight excluding hydrogens is 218 g/mol. The minimum absolute atomic E-state index is 0.106. The maximum atomic E-state index is 10.5. The number of nitrogens with zero attached hydrogens (tertiary/aromatic N) is 2. The number of aliphatic hydroxyl groups excluding tert-OH is 1. The van der Waals surface area contributed by atoms with Crippen molar-refractivity contribution in [2.24, 2.45) is 0 Å². The maximum Gasteiger partial charge on any atom is 0.286 e. The smallest absolute Gasteiger partial charge is 0.286 e. The number of hydrogen-bond donors (Lipinski definition) is 2. The molecule has 2 N–H and O–H groups in total. The number of non-ortho nitro benzene ring substituents is 2. The molecular formula is C8H8N3O5. The van der Waals surface area contributed by atoms with Crippen LogP contribution in [0.15, 0.2) is 12.1 Å². The lowest BCUT2D eigenvalue weighted by Gasteiger charge is -2.03. The number of nitro groups is 2. The van der Waals surface area contributed by atoms with E-state index in [4.69, 9.17) is 5.11 Å². The van der Waals surface area contributed by atoms with Gasteiger partial charge in [0, 0.05) is 12.6 Å². The van der Waals surface area contributed by atoms with E-state index in [0.29, 0.717) is 0 Å². The summed E-state index contributed by atoms with van der Waals surface area (Å²) < 4.78 is 0. The predicted molar refractivity (Wildman–Crippen MR) is 54.2 cm³/mol. The molecule has 85 valence electrons. The van der Waals surface area contributed by atoms with Crippen molar-refractivity contribution in [3.63, 3.8) is 0 Å². The standard InChI is InChI=1S/C8H8N3O5/c12-2-1-9-6-3-7(10(13)14)5-8(4-6)11(15)16/h3,5,9,12H,1-2H2. The van der Waals surface area contributed by atoms with Crippen molar-refractivity contribution in [1.82, 2.24) is 0 Å². The monoisotopic (exact) mass is 226 g/mol. The molecule has 1 aromatic carbocycles. The van der Waals surface area contributed by atoms with Crippen LogP contribution in [0.1, 0.15) is 0 Å². The van der Waals surface area contributed by atoms with Crippen molar-refractivity contribution in [2.75, 3.05) is 18.5 Å². The van der Waals surface area contributed by atoms with Crippen LogP contribution < -0.4 is 5.32 Å². The number of rotatable bonds is 5. The summed E-state index contributed by atoms with van der Waals surface area (Å²) in [6, 6.07) is 4.29.